The van der Waals surface area contributed by atoms with Gasteiger partial charge in [0.2, 0.25) is 0 Å². The van der Waals surface area contributed by atoms with E-state index >= 15 is 0 Å². The predicted molar refractivity (Wildman–Crippen MR) is 97.5 cm³/mol. The van der Waals surface area contributed by atoms with E-state index in [1.807, 2.05) is 0 Å². The zero-order valence-electron chi connectivity index (χ0n) is 13.4. The summed E-state index contributed by atoms with van der Waals surface area (Å²) in [6.45, 7) is 0.0347. The Labute approximate surface area is 154 Å². The van der Waals surface area contributed by atoms with Crippen molar-refractivity contribution < 1.29 is 17.6 Å². The van der Waals surface area contributed by atoms with E-state index in [2.05, 4.69) is 15.9 Å². The second-order valence-electron chi connectivity index (χ2n) is 6.06. The molecule has 132 valence electrons. The molecule has 0 N–H and O–H groups in total. The summed E-state index contributed by atoms with van der Waals surface area (Å²) in [4.78, 5) is 14.5. The van der Waals surface area contributed by atoms with Crippen LogP contribution in [0.15, 0.2) is 53.0 Å². The van der Waals surface area contributed by atoms with Crippen molar-refractivity contribution in [3.63, 3.8) is 0 Å². The third-order valence-corrected chi connectivity index (χ3v) is 6.75. The number of halogens is 2. The minimum Gasteiger partial charge on any atom is -0.330 e. The lowest BCUT2D eigenvalue weighted by Crippen LogP contribution is -2.41. The van der Waals surface area contributed by atoms with Crippen LogP contribution in [0.4, 0.5) is 4.39 Å². The summed E-state index contributed by atoms with van der Waals surface area (Å²) in [5, 5.41) is 0. The van der Waals surface area contributed by atoms with Crippen molar-refractivity contribution in [3.05, 3.63) is 69.9 Å². The van der Waals surface area contributed by atoms with Gasteiger partial charge in [-0.3, -0.25) is 4.79 Å². The molecular formula is C18H17BrFNO3S. The van der Waals surface area contributed by atoms with Crippen LogP contribution in [0.2, 0.25) is 0 Å². The third-order valence-electron chi connectivity index (χ3n) is 4.31. The van der Waals surface area contributed by atoms with E-state index in [1.54, 1.807) is 42.5 Å². The number of carbonyl (C=O) groups is 1. The molecule has 0 radical (unpaired) electrons. The third kappa shape index (κ3) is 4.10. The number of carbonyl (C=O) groups excluding carboxylic acids is 1. The van der Waals surface area contributed by atoms with Crippen LogP contribution < -0.4 is 0 Å². The van der Waals surface area contributed by atoms with E-state index in [1.165, 1.54) is 11.0 Å². The average Bonchev–Trinajstić information content (AvgIpc) is 2.94. The van der Waals surface area contributed by atoms with Gasteiger partial charge in [0.25, 0.3) is 5.91 Å². The molecule has 1 amide bonds. The lowest BCUT2D eigenvalue weighted by atomic mass is 10.1. The van der Waals surface area contributed by atoms with Crippen molar-refractivity contribution >= 4 is 31.7 Å². The molecule has 0 aliphatic carbocycles. The Balaban J connectivity index is 1.96. The van der Waals surface area contributed by atoms with E-state index in [0.29, 0.717) is 22.0 Å². The summed E-state index contributed by atoms with van der Waals surface area (Å²) in [6.07, 6.45) is 0.368. The highest BCUT2D eigenvalue weighted by molar-refractivity contribution is 9.10. The fraction of sp³-hybridized carbons (Fsp3) is 0.278. The SMILES string of the molecule is O=C(c1ccccc1Br)N(Cc1ccccc1F)[C@H]1CCS(=O)(=O)C1. The molecule has 2 aromatic carbocycles. The Morgan fingerprint density at radius 2 is 1.84 bits per heavy atom. The molecule has 0 saturated carbocycles. The van der Waals surface area contributed by atoms with Crippen molar-refractivity contribution in [1.82, 2.24) is 4.90 Å². The van der Waals surface area contributed by atoms with Crippen molar-refractivity contribution in [2.24, 2.45) is 0 Å². The van der Waals surface area contributed by atoms with Gasteiger partial charge in [-0.25, -0.2) is 12.8 Å². The highest BCUT2D eigenvalue weighted by atomic mass is 79.9. The standard InChI is InChI=1S/C18H17BrFNO3S/c19-16-7-3-2-6-15(16)18(22)21(14-9-10-25(23,24)12-14)11-13-5-1-4-8-17(13)20/h1-8,14H,9-12H2/t14-/m0/s1. The van der Waals surface area contributed by atoms with E-state index in [4.69, 9.17) is 0 Å². The Morgan fingerprint density at radius 3 is 2.48 bits per heavy atom. The van der Waals surface area contributed by atoms with Crippen LogP contribution in [0.25, 0.3) is 0 Å². The van der Waals surface area contributed by atoms with Gasteiger partial charge in [0, 0.05) is 22.6 Å². The highest BCUT2D eigenvalue weighted by Crippen LogP contribution is 2.25. The van der Waals surface area contributed by atoms with Crippen LogP contribution in [0.3, 0.4) is 0 Å². The Kier molecular flexibility index (Phi) is 5.24. The molecule has 1 atom stereocenters. The van der Waals surface area contributed by atoms with Crippen LogP contribution in [0.5, 0.6) is 0 Å². The summed E-state index contributed by atoms with van der Waals surface area (Å²) in [6, 6.07) is 12.7. The minimum atomic E-state index is -3.17. The maximum Gasteiger partial charge on any atom is 0.255 e. The van der Waals surface area contributed by atoms with Gasteiger partial charge in [-0.15, -0.1) is 0 Å². The Bertz CT molecular complexity index is 901. The molecule has 2 aromatic rings. The zero-order chi connectivity index (χ0) is 18.0. The van der Waals surface area contributed by atoms with Crippen LogP contribution in [-0.2, 0) is 16.4 Å². The molecule has 0 unspecified atom stereocenters. The smallest absolute Gasteiger partial charge is 0.255 e. The quantitative estimate of drug-likeness (QED) is 0.753. The maximum absolute atomic E-state index is 14.1. The number of rotatable bonds is 4. The molecule has 3 rings (SSSR count). The molecule has 1 aliphatic heterocycles. The van der Waals surface area contributed by atoms with E-state index in [-0.39, 0.29) is 24.0 Å². The number of benzene rings is 2. The van der Waals surface area contributed by atoms with Crippen LogP contribution >= 0.6 is 15.9 Å². The summed E-state index contributed by atoms with van der Waals surface area (Å²) in [5.74, 6) is -0.752. The van der Waals surface area contributed by atoms with Gasteiger partial charge in [-0.1, -0.05) is 30.3 Å². The van der Waals surface area contributed by atoms with Crippen LogP contribution in [0.1, 0.15) is 22.3 Å². The predicted octanol–water partition coefficient (Wildman–Crippen LogP) is 3.42. The molecule has 7 heteroatoms. The minimum absolute atomic E-state index is 0.0347. The van der Waals surface area contributed by atoms with E-state index in [0.717, 1.165) is 0 Å². The highest BCUT2D eigenvalue weighted by Gasteiger charge is 2.35. The second-order valence-corrected chi connectivity index (χ2v) is 9.14. The summed E-state index contributed by atoms with van der Waals surface area (Å²) in [7, 11) is -3.17. The summed E-state index contributed by atoms with van der Waals surface area (Å²) >= 11 is 3.36. The second kappa shape index (κ2) is 7.25. The first-order chi connectivity index (χ1) is 11.9. The fourth-order valence-corrected chi connectivity index (χ4v) is 5.17. The van der Waals surface area contributed by atoms with Crippen molar-refractivity contribution in [3.8, 4) is 0 Å². The molecule has 0 spiro atoms. The summed E-state index contributed by atoms with van der Waals surface area (Å²) in [5.41, 5.74) is 0.801. The van der Waals surface area contributed by atoms with Gasteiger partial charge in [0.15, 0.2) is 9.84 Å². The molecule has 0 bridgehead atoms. The Hall–Kier alpha value is -1.73. The fourth-order valence-electron chi connectivity index (χ4n) is 2.99. The maximum atomic E-state index is 14.1. The molecule has 0 aromatic heterocycles. The topological polar surface area (TPSA) is 54.5 Å². The van der Waals surface area contributed by atoms with Crippen molar-refractivity contribution in [1.29, 1.82) is 0 Å². The van der Waals surface area contributed by atoms with Gasteiger partial charge in [0.1, 0.15) is 5.82 Å². The lowest BCUT2D eigenvalue weighted by Gasteiger charge is -2.29. The van der Waals surface area contributed by atoms with Gasteiger partial charge in [-0.05, 0) is 40.5 Å². The number of sulfone groups is 1. The molecular weight excluding hydrogens is 409 g/mol. The van der Waals surface area contributed by atoms with E-state index < -0.39 is 21.7 Å². The number of nitrogens with zero attached hydrogens (tertiary/aromatic N) is 1. The van der Waals surface area contributed by atoms with Gasteiger partial charge >= 0.3 is 0 Å². The van der Waals surface area contributed by atoms with Gasteiger partial charge in [0.05, 0.1) is 17.1 Å². The van der Waals surface area contributed by atoms with Crippen molar-refractivity contribution in [2.75, 3.05) is 11.5 Å². The van der Waals surface area contributed by atoms with E-state index in [9.17, 15) is 17.6 Å². The van der Waals surface area contributed by atoms with Crippen LogP contribution in [-0.4, -0.2) is 36.8 Å². The number of hydrogen-bond donors (Lipinski definition) is 0. The first-order valence-electron chi connectivity index (χ1n) is 7.87. The molecule has 1 aliphatic rings. The zero-order valence-corrected chi connectivity index (χ0v) is 15.8. The monoisotopic (exact) mass is 425 g/mol. The molecule has 25 heavy (non-hydrogen) atoms. The first kappa shape index (κ1) is 18.1. The lowest BCUT2D eigenvalue weighted by molar-refractivity contribution is 0.0678. The number of hydrogen-bond acceptors (Lipinski definition) is 3. The molecule has 1 heterocycles. The summed E-state index contributed by atoms with van der Waals surface area (Å²) < 4.78 is 38.4. The van der Waals surface area contributed by atoms with Crippen LogP contribution in [0, 0.1) is 5.82 Å². The first-order valence-corrected chi connectivity index (χ1v) is 10.5. The van der Waals surface area contributed by atoms with Crippen molar-refractivity contribution in [2.45, 2.75) is 19.0 Å². The number of amides is 1. The average molecular weight is 426 g/mol. The van der Waals surface area contributed by atoms with Gasteiger partial charge in [-0.2, -0.15) is 0 Å². The normalized spacial score (nSPS) is 18.9. The molecule has 1 fully saturated rings. The largest absolute Gasteiger partial charge is 0.330 e. The van der Waals surface area contributed by atoms with Gasteiger partial charge < -0.3 is 4.90 Å². The molecule has 1 saturated heterocycles. The Morgan fingerprint density at radius 1 is 1.16 bits per heavy atom. The molecule has 4 nitrogen and oxygen atoms in total.